The molecule has 3 nitrogen and oxygen atoms in total. The number of benzene rings is 1. The van der Waals surface area contributed by atoms with Crippen LogP contribution in [0.4, 0.5) is 0 Å². The van der Waals surface area contributed by atoms with E-state index in [0.29, 0.717) is 27.8 Å². The van der Waals surface area contributed by atoms with Crippen molar-refractivity contribution in [2.75, 3.05) is 0 Å². The first-order valence-electron chi connectivity index (χ1n) is 5.87. The van der Waals surface area contributed by atoms with Gasteiger partial charge in [-0.1, -0.05) is 23.2 Å². The van der Waals surface area contributed by atoms with E-state index in [-0.39, 0.29) is 12.2 Å². The smallest absolute Gasteiger partial charge is 0.256 e. The topological polar surface area (TPSA) is 42.2 Å². The monoisotopic (exact) mass is 297 g/mol. The first kappa shape index (κ1) is 14.1. The molecule has 0 aliphatic heterocycles. The number of hydrogen-bond acceptors (Lipinski definition) is 2. The second-order valence-corrected chi connectivity index (χ2v) is 4.92. The van der Waals surface area contributed by atoms with Crippen LogP contribution in [0.25, 0.3) is 11.3 Å². The molecular formula is C14H13Cl2NO2. The normalized spacial score (nSPS) is 10.7. The minimum atomic E-state index is -0.270. The van der Waals surface area contributed by atoms with Crippen LogP contribution >= 0.6 is 23.2 Å². The molecule has 0 unspecified atom stereocenters. The lowest BCUT2D eigenvalue weighted by atomic mass is 10.1. The minimum absolute atomic E-state index is 0.200. The highest BCUT2D eigenvalue weighted by Crippen LogP contribution is 2.29. The average molecular weight is 298 g/mol. The van der Waals surface area contributed by atoms with Gasteiger partial charge in [-0.2, -0.15) is 0 Å². The van der Waals surface area contributed by atoms with E-state index < -0.39 is 0 Å². The number of nitrogens with zero attached hydrogens (tertiary/aromatic N) is 1. The maximum Gasteiger partial charge on any atom is 0.256 e. The van der Waals surface area contributed by atoms with Crippen molar-refractivity contribution in [3.05, 3.63) is 56.3 Å². The van der Waals surface area contributed by atoms with E-state index in [9.17, 15) is 4.79 Å². The second-order valence-electron chi connectivity index (χ2n) is 4.08. The van der Waals surface area contributed by atoms with E-state index in [1.807, 2.05) is 6.92 Å². The summed E-state index contributed by atoms with van der Waals surface area (Å²) < 4.78 is 1.58. The maximum atomic E-state index is 12.1. The van der Waals surface area contributed by atoms with Gasteiger partial charge in [0.25, 0.3) is 5.56 Å². The van der Waals surface area contributed by atoms with Gasteiger partial charge in [0.1, 0.15) is 0 Å². The molecule has 2 aromatic rings. The number of aliphatic hydroxyl groups excluding tert-OH is 1. The molecule has 0 saturated carbocycles. The molecule has 1 N–H and O–H groups in total. The average Bonchev–Trinajstić information content (AvgIpc) is 2.38. The molecule has 1 aromatic heterocycles. The molecule has 0 fully saturated rings. The Bertz CT molecular complexity index is 665. The molecule has 100 valence electrons. The molecule has 0 bridgehead atoms. The summed E-state index contributed by atoms with van der Waals surface area (Å²) >= 11 is 12.0. The van der Waals surface area contributed by atoms with E-state index in [1.54, 1.807) is 34.9 Å². The molecule has 0 saturated heterocycles. The second kappa shape index (κ2) is 5.78. The van der Waals surface area contributed by atoms with Crippen molar-refractivity contribution in [2.24, 2.45) is 0 Å². The predicted octanol–water partition coefficient (Wildman–Crippen LogP) is 3.33. The highest BCUT2D eigenvalue weighted by molar-refractivity contribution is 6.36. The van der Waals surface area contributed by atoms with Crippen LogP contribution in [0, 0.1) is 0 Å². The van der Waals surface area contributed by atoms with Gasteiger partial charge in [0.2, 0.25) is 0 Å². The summed E-state index contributed by atoms with van der Waals surface area (Å²) in [6.45, 7) is 2.10. The first-order chi connectivity index (χ1) is 9.08. The highest BCUT2D eigenvalue weighted by atomic mass is 35.5. The Morgan fingerprint density at radius 1 is 1.21 bits per heavy atom. The molecule has 1 aromatic carbocycles. The summed E-state index contributed by atoms with van der Waals surface area (Å²) in [5.41, 5.74) is 1.63. The Balaban J connectivity index is 2.69. The van der Waals surface area contributed by atoms with E-state index >= 15 is 0 Å². The zero-order chi connectivity index (χ0) is 14.0. The van der Waals surface area contributed by atoms with Gasteiger partial charge < -0.3 is 9.67 Å². The van der Waals surface area contributed by atoms with Gasteiger partial charge >= 0.3 is 0 Å². The molecular weight excluding hydrogens is 285 g/mol. The van der Waals surface area contributed by atoms with Crippen LogP contribution in [0.1, 0.15) is 12.5 Å². The number of aromatic nitrogens is 1. The Hall–Kier alpha value is -1.29. The lowest BCUT2D eigenvalue weighted by Gasteiger charge is -2.13. The summed E-state index contributed by atoms with van der Waals surface area (Å²) in [6.07, 6.45) is 0. The summed E-state index contributed by atoms with van der Waals surface area (Å²) in [5.74, 6) is 0. The van der Waals surface area contributed by atoms with Gasteiger partial charge in [-0.15, -0.1) is 0 Å². The van der Waals surface area contributed by atoms with Crippen molar-refractivity contribution in [1.82, 2.24) is 4.57 Å². The Labute approximate surface area is 121 Å². The third kappa shape index (κ3) is 2.68. The lowest BCUT2D eigenvalue weighted by Crippen LogP contribution is -2.24. The van der Waals surface area contributed by atoms with Crippen molar-refractivity contribution < 1.29 is 5.11 Å². The number of pyridine rings is 1. The predicted molar refractivity (Wildman–Crippen MR) is 77.8 cm³/mol. The number of aliphatic hydroxyl groups is 1. The molecule has 0 radical (unpaired) electrons. The van der Waals surface area contributed by atoms with Crippen LogP contribution < -0.4 is 5.56 Å². The zero-order valence-electron chi connectivity index (χ0n) is 10.4. The SMILES string of the molecule is CCn1c(-c2ccc(Cl)cc2Cl)ccc(CO)c1=O. The molecule has 2 rings (SSSR count). The van der Waals surface area contributed by atoms with Crippen LogP contribution in [-0.4, -0.2) is 9.67 Å². The Kier molecular flexibility index (Phi) is 4.30. The fourth-order valence-corrected chi connectivity index (χ4v) is 2.50. The standard InChI is InChI=1S/C14H13Cl2NO2/c1-2-17-13(6-3-9(8-18)14(17)19)11-5-4-10(15)7-12(11)16/h3-7,18H,2,8H2,1H3. The van der Waals surface area contributed by atoms with Crippen LogP contribution in [-0.2, 0) is 13.2 Å². The molecule has 19 heavy (non-hydrogen) atoms. The minimum Gasteiger partial charge on any atom is -0.391 e. The van der Waals surface area contributed by atoms with Crippen LogP contribution in [0.5, 0.6) is 0 Å². The third-order valence-electron chi connectivity index (χ3n) is 2.95. The van der Waals surface area contributed by atoms with Crippen molar-refractivity contribution in [3.63, 3.8) is 0 Å². The van der Waals surface area contributed by atoms with E-state index in [1.165, 1.54) is 0 Å². The molecule has 0 amide bonds. The summed E-state index contributed by atoms with van der Waals surface area (Å²) in [5, 5.41) is 10.2. The van der Waals surface area contributed by atoms with Crippen LogP contribution in [0.15, 0.2) is 35.1 Å². The maximum absolute atomic E-state index is 12.1. The Morgan fingerprint density at radius 2 is 1.95 bits per heavy atom. The van der Waals surface area contributed by atoms with Crippen LogP contribution in [0.3, 0.4) is 0 Å². The van der Waals surface area contributed by atoms with Gasteiger partial charge in [0.05, 0.1) is 17.3 Å². The molecule has 0 atom stereocenters. The van der Waals surface area contributed by atoms with Gasteiger partial charge in [-0.3, -0.25) is 4.79 Å². The summed E-state index contributed by atoms with van der Waals surface area (Å²) in [7, 11) is 0. The summed E-state index contributed by atoms with van der Waals surface area (Å²) in [4.78, 5) is 12.1. The van der Waals surface area contributed by atoms with Crippen LogP contribution in [0.2, 0.25) is 10.0 Å². The van der Waals surface area contributed by atoms with Gasteiger partial charge in [-0.05, 0) is 37.3 Å². The van der Waals surface area contributed by atoms with Crippen molar-refractivity contribution in [1.29, 1.82) is 0 Å². The van der Waals surface area contributed by atoms with Gasteiger partial charge in [0.15, 0.2) is 0 Å². The molecule has 0 spiro atoms. The van der Waals surface area contributed by atoms with E-state index in [2.05, 4.69) is 0 Å². The number of hydrogen-bond donors (Lipinski definition) is 1. The molecule has 5 heteroatoms. The highest BCUT2D eigenvalue weighted by Gasteiger charge is 2.11. The van der Waals surface area contributed by atoms with E-state index in [4.69, 9.17) is 28.3 Å². The largest absolute Gasteiger partial charge is 0.391 e. The van der Waals surface area contributed by atoms with Crippen molar-refractivity contribution >= 4 is 23.2 Å². The fourth-order valence-electron chi connectivity index (χ4n) is 1.99. The van der Waals surface area contributed by atoms with Crippen molar-refractivity contribution in [2.45, 2.75) is 20.1 Å². The van der Waals surface area contributed by atoms with Crippen molar-refractivity contribution in [3.8, 4) is 11.3 Å². The van der Waals surface area contributed by atoms with Gasteiger partial charge in [-0.25, -0.2) is 0 Å². The quantitative estimate of drug-likeness (QED) is 0.944. The van der Waals surface area contributed by atoms with E-state index in [0.717, 1.165) is 5.56 Å². The lowest BCUT2D eigenvalue weighted by molar-refractivity contribution is 0.279. The molecule has 1 heterocycles. The molecule has 0 aliphatic rings. The Morgan fingerprint density at radius 3 is 2.53 bits per heavy atom. The van der Waals surface area contributed by atoms with Gasteiger partial charge in [0, 0.05) is 22.7 Å². The number of rotatable bonds is 3. The zero-order valence-corrected chi connectivity index (χ0v) is 11.9. The third-order valence-corrected chi connectivity index (χ3v) is 3.49. The summed E-state index contributed by atoms with van der Waals surface area (Å²) in [6, 6.07) is 8.56. The molecule has 0 aliphatic carbocycles. The fraction of sp³-hybridized carbons (Fsp3) is 0.214. The number of halogens is 2. The first-order valence-corrected chi connectivity index (χ1v) is 6.63.